The molecule has 3 heterocycles. The Kier molecular flexibility index (Phi) is 6.86. The number of alkyl halides is 3. The summed E-state index contributed by atoms with van der Waals surface area (Å²) in [6.45, 7) is 1.72. The number of halogens is 3. The van der Waals surface area contributed by atoms with Crippen LogP contribution in [0.5, 0.6) is 5.75 Å². The smallest absolute Gasteiger partial charge is 0.435 e. The fraction of sp³-hybridized carbons (Fsp3) is 0.269. The number of hydrogen-bond acceptors (Lipinski definition) is 6. The summed E-state index contributed by atoms with van der Waals surface area (Å²) in [5.41, 5.74) is 0.396. The molecule has 0 aliphatic carbocycles. The van der Waals surface area contributed by atoms with Gasteiger partial charge in [-0.2, -0.15) is 18.3 Å². The molecule has 0 amide bonds. The molecule has 1 aliphatic heterocycles. The summed E-state index contributed by atoms with van der Waals surface area (Å²) < 4.78 is 72.3. The molecule has 2 aromatic carbocycles. The molecular formula is C26H24F3N3O3S2. The summed E-state index contributed by atoms with van der Waals surface area (Å²) in [7, 11) is -3.40. The van der Waals surface area contributed by atoms with E-state index in [0.29, 0.717) is 21.9 Å². The van der Waals surface area contributed by atoms with E-state index in [2.05, 4.69) is 10.4 Å². The van der Waals surface area contributed by atoms with E-state index in [1.165, 1.54) is 22.1 Å². The van der Waals surface area contributed by atoms with Gasteiger partial charge >= 0.3 is 6.18 Å². The lowest BCUT2D eigenvalue weighted by Crippen LogP contribution is -2.34. The van der Waals surface area contributed by atoms with Crippen molar-refractivity contribution >= 4 is 21.2 Å². The molecule has 0 spiro atoms. The van der Waals surface area contributed by atoms with E-state index >= 15 is 0 Å². The third kappa shape index (κ3) is 5.73. The van der Waals surface area contributed by atoms with Crippen LogP contribution >= 0.6 is 11.3 Å². The SMILES string of the molecule is CS(=O)(=O)c1cccc(-c2ccc(-c3cc(C(F)(F)F)nn3-c3cccc(OC4CCNCC4)c3)s2)c1. The molecular weight excluding hydrogens is 523 g/mol. The average molecular weight is 548 g/mol. The zero-order valence-corrected chi connectivity index (χ0v) is 21.5. The van der Waals surface area contributed by atoms with Gasteiger partial charge in [0.05, 0.1) is 21.2 Å². The molecule has 0 bridgehead atoms. The Labute approximate surface area is 216 Å². The number of rotatable bonds is 6. The van der Waals surface area contributed by atoms with Gasteiger partial charge < -0.3 is 10.1 Å². The van der Waals surface area contributed by atoms with E-state index in [-0.39, 0.29) is 16.7 Å². The van der Waals surface area contributed by atoms with Gasteiger partial charge in [0, 0.05) is 17.2 Å². The van der Waals surface area contributed by atoms with E-state index < -0.39 is 21.7 Å². The highest BCUT2D eigenvalue weighted by Gasteiger charge is 2.35. The van der Waals surface area contributed by atoms with Gasteiger partial charge in [0.25, 0.3) is 0 Å². The molecule has 5 rings (SSSR count). The zero-order valence-electron chi connectivity index (χ0n) is 19.8. The van der Waals surface area contributed by atoms with Gasteiger partial charge in [0.2, 0.25) is 0 Å². The molecule has 11 heteroatoms. The number of aromatic nitrogens is 2. The van der Waals surface area contributed by atoms with Crippen molar-refractivity contribution in [3.8, 4) is 32.4 Å². The molecule has 0 radical (unpaired) electrons. The fourth-order valence-electron chi connectivity index (χ4n) is 4.20. The molecule has 1 N–H and O–H groups in total. The van der Waals surface area contributed by atoms with Crippen LogP contribution in [0.2, 0.25) is 0 Å². The molecule has 0 atom stereocenters. The minimum Gasteiger partial charge on any atom is -0.490 e. The third-order valence-electron chi connectivity index (χ3n) is 6.06. The van der Waals surface area contributed by atoms with Crippen molar-refractivity contribution in [2.24, 2.45) is 0 Å². The highest BCUT2D eigenvalue weighted by atomic mass is 32.2. The van der Waals surface area contributed by atoms with Crippen molar-refractivity contribution in [2.75, 3.05) is 19.3 Å². The summed E-state index contributed by atoms with van der Waals surface area (Å²) >= 11 is 1.26. The number of hydrogen-bond donors (Lipinski definition) is 1. The van der Waals surface area contributed by atoms with Gasteiger partial charge in [-0.15, -0.1) is 11.3 Å². The second kappa shape index (κ2) is 9.96. The fourth-order valence-corrected chi connectivity index (χ4v) is 5.87. The van der Waals surface area contributed by atoms with Crippen LogP contribution in [0.15, 0.2) is 71.6 Å². The van der Waals surface area contributed by atoms with E-state index in [0.717, 1.165) is 43.1 Å². The van der Waals surface area contributed by atoms with Gasteiger partial charge in [-0.3, -0.25) is 0 Å². The van der Waals surface area contributed by atoms with Crippen LogP contribution in [0, 0.1) is 0 Å². The van der Waals surface area contributed by atoms with Crippen molar-refractivity contribution < 1.29 is 26.3 Å². The van der Waals surface area contributed by atoms with Crippen LogP contribution in [-0.4, -0.2) is 43.6 Å². The summed E-state index contributed by atoms with van der Waals surface area (Å²) in [6, 6.07) is 17.9. The molecule has 1 saturated heterocycles. The van der Waals surface area contributed by atoms with Crippen LogP contribution in [0.1, 0.15) is 18.5 Å². The summed E-state index contributed by atoms with van der Waals surface area (Å²) in [5.74, 6) is 0.573. The minimum absolute atomic E-state index is 0.0434. The maximum absolute atomic E-state index is 13.7. The third-order valence-corrected chi connectivity index (χ3v) is 8.32. The summed E-state index contributed by atoms with van der Waals surface area (Å²) in [4.78, 5) is 1.46. The van der Waals surface area contributed by atoms with Crippen LogP contribution in [0.3, 0.4) is 0 Å². The van der Waals surface area contributed by atoms with Crippen molar-refractivity contribution in [2.45, 2.75) is 30.0 Å². The predicted molar refractivity (Wildman–Crippen MR) is 137 cm³/mol. The number of sulfone groups is 1. The number of nitrogens with one attached hydrogen (secondary N) is 1. The summed E-state index contributed by atoms with van der Waals surface area (Å²) in [6.07, 6.45) is -1.73. The Morgan fingerprint density at radius 1 is 1.00 bits per heavy atom. The van der Waals surface area contributed by atoms with Crippen LogP contribution in [0.25, 0.3) is 26.7 Å². The normalized spacial score (nSPS) is 15.1. The molecule has 0 unspecified atom stereocenters. The first kappa shape index (κ1) is 25.5. The lowest BCUT2D eigenvalue weighted by molar-refractivity contribution is -0.141. The van der Waals surface area contributed by atoms with Crippen molar-refractivity contribution in [1.82, 2.24) is 15.1 Å². The number of thiophene rings is 1. The van der Waals surface area contributed by atoms with Gasteiger partial charge in [0.15, 0.2) is 15.5 Å². The molecule has 194 valence electrons. The summed E-state index contributed by atoms with van der Waals surface area (Å²) in [5, 5.41) is 7.17. The first-order chi connectivity index (χ1) is 17.6. The maximum Gasteiger partial charge on any atom is 0.435 e. The first-order valence-corrected chi connectivity index (χ1v) is 14.3. The predicted octanol–water partition coefficient (Wildman–Crippen LogP) is 5.82. The van der Waals surface area contributed by atoms with Crippen molar-refractivity contribution in [3.05, 3.63) is 72.4 Å². The topological polar surface area (TPSA) is 73.2 Å². The van der Waals surface area contributed by atoms with Gasteiger partial charge in [0.1, 0.15) is 11.9 Å². The van der Waals surface area contributed by atoms with E-state index in [1.807, 2.05) is 0 Å². The molecule has 2 aromatic heterocycles. The van der Waals surface area contributed by atoms with Crippen molar-refractivity contribution in [3.63, 3.8) is 0 Å². The Balaban J connectivity index is 1.53. The lowest BCUT2D eigenvalue weighted by atomic mass is 10.1. The lowest BCUT2D eigenvalue weighted by Gasteiger charge is -2.24. The second-order valence-electron chi connectivity index (χ2n) is 8.85. The van der Waals surface area contributed by atoms with Crippen LogP contribution < -0.4 is 10.1 Å². The number of nitrogens with zero attached hydrogens (tertiary/aromatic N) is 2. The van der Waals surface area contributed by atoms with Gasteiger partial charge in [-0.25, -0.2) is 13.1 Å². The maximum atomic E-state index is 13.7. The Bertz CT molecular complexity index is 1520. The van der Waals surface area contributed by atoms with E-state index in [9.17, 15) is 21.6 Å². The van der Waals surface area contributed by atoms with Crippen LogP contribution in [-0.2, 0) is 16.0 Å². The number of benzene rings is 2. The van der Waals surface area contributed by atoms with E-state index in [1.54, 1.807) is 54.6 Å². The zero-order chi connectivity index (χ0) is 26.2. The number of piperidine rings is 1. The standard InChI is InChI=1S/C26H24F3N3O3S2/c1-37(33,34)21-7-2-4-17(14-21)23-8-9-24(36-23)22-16-25(26(27,28)29)31-32(22)18-5-3-6-20(15-18)35-19-10-12-30-13-11-19/h2-9,14-16,19,30H,10-13H2,1H3. The minimum atomic E-state index is -4.62. The number of ether oxygens (including phenoxy) is 1. The Hall–Kier alpha value is -3.15. The average Bonchev–Trinajstić information content (AvgIpc) is 3.52. The molecule has 4 aromatic rings. The first-order valence-electron chi connectivity index (χ1n) is 11.6. The van der Waals surface area contributed by atoms with Gasteiger partial charge in [-0.05, 0) is 74.0 Å². The molecule has 1 fully saturated rings. The monoisotopic (exact) mass is 547 g/mol. The molecule has 0 saturated carbocycles. The quantitative estimate of drug-likeness (QED) is 0.329. The molecule has 37 heavy (non-hydrogen) atoms. The largest absolute Gasteiger partial charge is 0.490 e. The van der Waals surface area contributed by atoms with Gasteiger partial charge in [-0.1, -0.05) is 18.2 Å². The van der Waals surface area contributed by atoms with Crippen molar-refractivity contribution in [1.29, 1.82) is 0 Å². The Morgan fingerprint density at radius 2 is 1.73 bits per heavy atom. The van der Waals surface area contributed by atoms with Crippen LogP contribution in [0.4, 0.5) is 13.2 Å². The molecule has 1 aliphatic rings. The second-order valence-corrected chi connectivity index (χ2v) is 12.0. The highest BCUT2D eigenvalue weighted by Crippen LogP contribution is 2.39. The van der Waals surface area contributed by atoms with E-state index in [4.69, 9.17) is 4.74 Å². The highest BCUT2D eigenvalue weighted by molar-refractivity contribution is 7.90. The molecule has 6 nitrogen and oxygen atoms in total. The Morgan fingerprint density at radius 3 is 2.46 bits per heavy atom.